The van der Waals surface area contributed by atoms with E-state index in [1.807, 2.05) is 31.2 Å². The first kappa shape index (κ1) is 12.4. The number of aromatic amines is 1. The zero-order chi connectivity index (χ0) is 14.1. The molecule has 20 heavy (non-hydrogen) atoms. The molecular formula is C14H14N4O2. The molecule has 0 radical (unpaired) electrons. The summed E-state index contributed by atoms with van der Waals surface area (Å²) in [4.78, 5) is 12.1. The number of nitrogens with one attached hydrogen (secondary N) is 2. The number of carbonyl (C=O) groups excluding carboxylic acids is 1. The predicted molar refractivity (Wildman–Crippen MR) is 74.4 cm³/mol. The van der Waals surface area contributed by atoms with Crippen LogP contribution in [-0.2, 0) is 11.2 Å². The summed E-state index contributed by atoms with van der Waals surface area (Å²) in [5.41, 5.74) is 2.45. The Kier molecular flexibility index (Phi) is 2.98. The zero-order valence-corrected chi connectivity index (χ0v) is 11.2. The van der Waals surface area contributed by atoms with Gasteiger partial charge in [-0.3, -0.25) is 9.89 Å². The van der Waals surface area contributed by atoms with E-state index in [2.05, 4.69) is 20.7 Å². The predicted octanol–water partition coefficient (Wildman–Crippen LogP) is 2.35. The van der Waals surface area contributed by atoms with Crippen LogP contribution in [0, 0.1) is 13.8 Å². The second-order valence-electron chi connectivity index (χ2n) is 4.65. The van der Waals surface area contributed by atoms with Crippen LogP contribution in [0.5, 0.6) is 0 Å². The SMILES string of the molecule is Cc1noc(C)c1CC(=O)Nc1n[nH]c2ccccc12. The average Bonchev–Trinajstić information content (AvgIpc) is 2.98. The highest BCUT2D eigenvalue weighted by Crippen LogP contribution is 2.20. The number of anilines is 1. The van der Waals surface area contributed by atoms with Crippen molar-refractivity contribution in [2.24, 2.45) is 0 Å². The van der Waals surface area contributed by atoms with Crippen LogP contribution < -0.4 is 5.32 Å². The van der Waals surface area contributed by atoms with Crippen molar-refractivity contribution in [3.05, 3.63) is 41.3 Å². The number of nitrogens with zero attached hydrogens (tertiary/aromatic N) is 2. The Hall–Kier alpha value is -2.63. The summed E-state index contributed by atoms with van der Waals surface area (Å²) in [5.74, 6) is 1.07. The second kappa shape index (κ2) is 4.80. The quantitative estimate of drug-likeness (QED) is 0.765. The van der Waals surface area contributed by atoms with Crippen LogP contribution in [0.3, 0.4) is 0 Å². The first-order valence-electron chi connectivity index (χ1n) is 6.30. The number of amides is 1. The molecule has 0 aliphatic carbocycles. The van der Waals surface area contributed by atoms with E-state index < -0.39 is 0 Å². The highest BCUT2D eigenvalue weighted by atomic mass is 16.5. The molecule has 6 nitrogen and oxygen atoms in total. The highest BCUT2D eigenvalue weighted by molar-refractivity contribution is 6.00. The van der Waals surface area contributed by atoms with Gasteiger partial charge in [-0.1, -0.05) is 17.3 Å². The van der Waals surface area contributed by atoms with Gasteiger partial charge in [0.25, 0.3) is 0 Å². The van der Waals surface area contributed by atoms with Crippen molar-refractivity contribution >= 4 is 22.6 Å². The lowest BCUT2D eigenvalue weighted by molar-refractivity contribution is -0.115. The Balaban J connectivity index is 1.80. The number of aromatic nitrogens is 3. The van der Waals surface area contributed by atoms with Gasteiger partial charge in [-0.25, -0.2) is 0 Å². The van der Waals surface area contributed by atoms with Crippen LogP contribution >= 0.6 is 0 Å². The minimum Gasteiger partial charge on any atom is -0.361 e. The second-order valence-corrected chi connectivity index (χ2v) is 4.65. The Labute approximate surface area is 115 Å². The van der Waals surface area contributed by atoms with E-state index in [0.29, 0.717) is 11.6 Å². The van der Waals surface area contributed by atoms with E-state index in [0.717, 1.165) is 22.2 Å². The van der Waals surface area contributed by atoms with Gasteiger partial charge >= 0.3 is 0 Å². The normalized spacial score (nSPS) is 10.9. The smallest absolute Gasteiger partial charge is 0.230 e. The van der Waals surface area contributed by atoms with Crippen LogP contribution in [0.1, 0.15) is 17.0 Å². The molecule has 0 atom stereocenters. The number of rotatable bonds is 3. The summed E-state index contributed by atoms with van der Waals surface area (Å²) in [7, 11) is 0. The van der Waals surface area contributed by atoms with E-state index in [9.17, 15) is 4.79 Å². The van der Waals surface area contributed by atoms with Gasteiger partial charge in [0.2, 0.25) is 5.91 Å². The molecule has 1 amide bonds. The number of H-pyrrole nitrogens is 1. The first-order chi connectivity index (χ1) is 9.65. The largest absolute Gasteiger partial charge is 0.361 e. The molecule has 0 saturated heterocycles. The Morgan fingerprint density at radius 2 is 2.15 bits per heavy atom. The summed E-state index contributed by atoms with van der Waals surface area (Å²) < 4.78 is 5.05. The van der Waals surface area contributed by atoms with Gasteiger partial charge in [-0.2, -0.15) is 5.10 Å². The van der Waals surface area contributed by atoms with Crippen molar-refractivity contribution in [1.29, 1.82) is 0 Å². The van der Waals surface area contributed by atoms with E-state index in [1.54, 1.807) is 6.92 Å². The lowest BCUT2D eigenvalue weighted by atomic mass is 10.1. The standard InChI is InChI=1S/C14H14N4O2/c1-8-11(9(2)20-18-8)7-13(19)15-14-10-5-3-4-6-12(10)16-17-14/h3-6H,7H2,1-2H3,(H2,15,16,17,19). The molecule has 2 aromatic heterocycles. The summed E-state index contributed by atoms with van der Waals surface area (Å²) in [6.45, 7) is 3.62. The molecule has 0 saturated carbocycles. The van der Waals surface area contributed by atoms with Gasteiger partial charge in [0.15, 0.2) is 5.82 Å². The van der Waals surface area contributed by atoms with Crippen LogP contribution in [0.4, 0.5) is 5.82 Å². The van der Waals surface area contributed by atoms with Gasteiger partial charge in [0.1, 0.15) is 5.76 Å². The number of carbonyl (C=O) groups is 1. The fourth-order valence-corrected chi connectivity index (χ4v) is 2.15. The van der Waals surface area contributed by atoms with Gasteiger partial charge in [-0.15, -0.1) is 0 Å². The molecular weight excluding hydrogens is 256 g/mol. The molecule has 6 heteroatoms. The zero-order valence-electron chi connectivity index (χ0n) is 11.2. The van der Waals surface area contributed by atoms with E-state index in [-0.39, 0.29) is 12.3 Å². The molecule has 0 bridgehead atoms. The number of para-hydroxylation sites is 1. The lowest BCUT2D eigenvalue weighted by Gasteiger charge is -2.02. The third-order valence-electron chi connectivity index (χ3n) is 3.25. The molecule has 3 aromatic rings. The van der Waals surface area contributed by atoms with Crippen molar-refractivity contribution in [1.82, 2.24) is 15.4 Å². The molecule has 0 aliphatic rings. The minimum absolute atomic E-state index is 0.142. The summed E-state index contributed by atoms with van der Waals surface area (Å²) in [6.07, 6.45) is 0.225. The van der Waals surface area contributed by atoms with Gasteiger partial charge < -0.3 is 9.84 Å². The number of benzene rings is 1. The highest BCUT2D eigenvalue weighted by Gasteiger charge is 2.15. The monoisotopic (exact) mass is 270 g/mol. The molecule has 0 fully saturated rings. The van der Waals surface area contributed by atoms with Crippen molar-refractivity contribution in [3.8, 4) is 0 Å². The van der Waals surface area contributed by atoms with Crippen LogP contribution in [-0.4, -0.2) is 21.3 Å². The third-order valence-corrected chi connectivity index (χ3v) is 3.25. The molecule has 1 aromatic carbocycles. The van der Waals surface area contributed by atoms with Gasteiger partial charge in [-0.05, 0) is 26.0 Å². The third kappa shape index (κ3) is 2.16. The number of hydrogen-bond acceptors (Lipinski definition) is 4. The molecule has 0 aliphatic heterocycles. The topological polar surface area (TPSA) is 83.8 Å². The van der Waals surface area contributed by atoms with E-state index in [4.69, 9.17) is 4.52 Å². The Morgan fingerprint density at radius 3 is 2.90 bits per heavy atom. The maximum absolute atomic E-state index is 12.1. The number of fused-ring (bicyclic) bond motifs is 1. The average molecular weight is 270 g/mol. The van der Waals surface area contributed by atoms with Crippen LogP contribution in [0.15, 0.2) is 28.8 Å². The van der Waals surface area contributed by atoms with E-state index in [1.165, 1.54) is 0 Å². The molecule has 2 N–H and O–H groups in total. The first-order valence-corrected chi connectivity index (χ1v) is 6.30. The van der Waals surface area contributed by atoms with E-state index >= 15 is 0 Å². The lowest BCUT2D eigenvalue weighted by Crippen LogP contribution is -2.15. The van der Waals surface area contributed by atoms with Crippen molar-refractivity contribution in [2.75, 3.05) is 5.32 Å². The Bertz CT molecular complexity index is 753. The summed E-state index contributed by atoms with van der Waals surface area (Å²) in [6, 6.07) is 7.63. The fraction of sp³-hybridized carbons (Fsp3) is 0.214. The number of hydrogen-bond donors (Lipinski definition) is 2. The summed E-state index contributed by atoms with van der Waals surface area (Å²) in [5, 5.41) is 14.5. The minimum atomic E-state index is -0.142. The Morgan fingerprint density at radius 1 is 1.35 bits per heavy atom. The van der Waals surface area contributed by atoms with Gasteiger partial charge in [0, 0.05) is 10.9 Å². The molecule has 2 heterocycles. The van der Waals surface area contributed by atoms with Crippen molar-refractivity contribution < 1.29 is 9.32 Å². The fourth-order valence-electron chi connectivity index (χ4n) is 2.15. The summed E-state index contributed by atoms with van der Waals surface area (Å²) >= 11 is 0. The molecule has 0 unspecified atom stereocenters. The maximum atomic E-state index is 12.1. The van der Waals surface area contributed by atoms with Gasteiger partial charge in [0.05, 0.1) is 17.6 Å². The van der Waals surface area contributed by atoms with Crippen LogP contribution in [0.25, 0.3) is 10.9 Å². The van der Waals surface area contributed by atoms with Crippen LogP contribution in [0.2, 0.25) is 0 Å². The maximum Gasteiger partial charge on any atom is 0.230 e. The number of aryl methyl sites for hydroxylation is 2. The molecule has 0 spiro atoms. The molecule has 102 valence electrons. The van der Waals surface area contributed by atoms with Crippen molar-refractivity contribution in [2.45, 2.75) is 20.3 Å². The molecule has 3 rings (SSSR count). The van der Waals surface area contributed by atoms with Crippen molar-refractivity contribution in [3.63, 3.8) is 0 Å².